The fourth-order valence-corrected chi connectivity index (χ4v) is 1.52. The van der Waals surface area contributed by atoms with Crippen molar-refractivity contribution < 1.29 is 9.53 Å². The Morgan fingerprint density at radius 3 is 2.56 bits per heavy atom. The Hall–Kier alpha value is -0.930. The summed E-state index contributed by atoms with van der Waals surface area (Å²) in [6, 6.07) is 5.05. The number of hydrogen-bond acceptors (Lipinski definition) is 2. The molecule has 1 amide bonds. The lowest BCUT2D eigenvalue weighted by Gasteiger charge is -2.19. The summed E-state index contributed by atoms with van der Waals surface area (Å²) in [6.45, 7) is 1.67. The van der Waals surface area contributed by atoms with Gasteiger partial charge in [0, 0.05) is 14.1 Å². The van der Waals surface area contributed by atoms with Crippen molar-refractivity contribution in [1.29, 1.82) is 0 Å². The number of carbonyl (C=O) groups excluding carboxylic acids is 1. The molecule has 0 fully saturated rings. The minimum atomic E-state index is -0.592. The molecule has 0 radical (unpaired) electrons. The fraction of sp³-hybridized carbons (Fsp3) is 0.364. The molecule has 1 aromatic carbocycles. The van der Waals surface area contributed by atoms with Gasteiger partial charge in [-0.25, -0.2) is 0 Å². The molecule has 1 unspecified atom stereocenters. The molecule has 16 heavy (non-hydrogen) atoms. The maximum atomic E-state index is 11.6. The molecule has 0 bridgehead atoms. The lowest BCUT2D eigenvalue weighted by Crippen LogP contribution is -2.35. The number of likely N-dealkylation sites (N-methyl/N-ethyl adjacent to an activating group) is 1. The summed E-state index contributed by atoms with van der Waals surface area (Å²) >= 11 is 11.8. The van der Waals surface area contributed by atoms with Gasteiger partial charge in [0.15, 0.2) is 6.10 Å². The zero-order valence-corrected chi connectivity index (χ0v) is 10.8. The van der Waals surface area contributed by atoms with Crippen LogP contribution in [-0.4, -0.2) is 31.0 Å². The van der Waals surface area contributed by atoms with Crippen molar-refractivity contribution in [3.8, 4) is 5.75 Å². The molecular formula is C11H13Cl2NO2. The summed E-state index contributed by atoms with van der Waals surface area (Å²) in [5, 5.41) is 0.728. The molecule has 5 heteroatoms. The van der Waals surface area contributed by atoms with E-state index in [4.69, 9.17) is 27.9 Å². The molecule has 0 aliphatic rings. The second-order valence-electron chi connectivity index (χ2n) is 3.54. The monoisotopic (exact) mass is 261 g/mol. The zero-order valence-electron chi connectivity index (χ0n) is 9.33. The van der Waals surface area contributed by atoms with Crippen molar-refractivity contribution >= 4 is 29.1 Å². The van der Waals surface area contributed by atoms with E-state index < -0.39 is 6.10 Å². The number of hydrogen-bond donors (Lipinski definition) is 0. The van der Waals surface area contributed by atoms with E-state index in [0.29, 0.717) is 15.8 Å². The van der Waals surface area contributed by atoms with Crippen molar-refractivity contribution in [3.05, 3.63) is 28.2 Å². The highest BCUT2D eigenvalue weighted by atomic mass is 35.5. The van der Waals surface area contributed by atoms with Crippen molar-refractivity contribution in [2.75, 3.05) is 14.1 Å². The minimum absolute atomic E-state index is 0.129. The zero-order chi connectivity index (χ0) is 12.3. The smallest absolute Gasteiger partial charge is 0.262 e. The summed E-state index contributed by atoms with van der Waals surface area (Å²) in [6.07, 6.45) is -0.592. The van der Waals surface area contributed by atoms with Crippen LogP contribution in [-0.2, 0) is 4.79 Å². The molecule has 0 saturated heterocycles. The molecule has 0 N–H and O–H groups in total. The average Bonchev–Trinajstić information content (AvgIpc) is 2.23. The van der Waals surface area contributed by atoms with E-state index >= 15 is 0 Å². The molecule has 1 rings (SSSR count). The van der Waals surface area contributed by atoms with Gasteiger partial charge in [0.2, 0.25) is 0 Å². The second-order valence-corrected chi connectivity index (χ2v) is 4.33. The van der Waals surface area contributed by atoms with Crippen LogP contribution in [0.4, 0.5) is 0 Å². The first kappa shape index (κ1) is 13.1. The Morgan fingerprint density at radius 1 is 1.38 bits per heavy atom. The third-order valence-corrected chi connectivity index (χ3v) is 2.81. The average molecular weight is 262 g/mol. The van der Waals surface area contributed by atoms with Crippen LogP contribution in [0, 0.1) is 0 Å². The lowest BCUT2D eigenvalue weighted by atomic mass is 10.3. The van der Waals surface area contributed by atoms with Gasteiger partial charge in [0.05, 0.1) is 5.02 Å². The highest BCUT2D eigenvalue weighted by Crippen LogP contribution is 2.32. The molecular weight excluding hydrogens is 249 g/mol. The van der Waals surface area contributed by atoms with Crippen LogP contribution in [0.15, 0.2) is 18.2 Å². The van der Waals surface area contributed by atoms with Crippen LogP contribution >= 0.6 is 23.2 Å². The first-order valence-electron chi connectivity index (χ1n) is 4.75. The number of nitrogens with zero attached hydrogens (tertiary/aromatic N) is 1. The Balaban J connectivity index is 2.81. The predicted octanol–water partition coefficient (Wildman–Crippen LogP) is 2.85. The van der Waals surface area contributed by atoms with Gasteiger partial charge in [-0.15, -0.1) is 0 Å². The van der Waals surface area contributed by atoms with E-state index in [1.807, 2.05) is 0 Å². The number of ether oxygens (including phenoxy) is 1. The summed E-state index contributed by atoms with van der Waals surface area (Å²) in [5.41, 5.74) is 0. The van der Waals surface area contributed by atoms with Crippen LogP contribution in [0.5, 0.6) is 5.75 Å². The number of benzene rings is 1. The normalized spacial score (nSPS) is 12.1. The summed E-state index contributed by atoms with van der Waals surface area (Å²) in [4.78, 5) is 13.0. The maximum Gasteiger partial charge on any atom is 0.262 e. The van der Waals surface area contributed by atoms with Gasteiger partial charge in [0.25, 0.3) is 5.91 Å². The fourth-order valence-electron chi connectivity index (χ4n) is 1.18. The summed E-state index contributed by atoms with van der Waals surface area (Å²) in [7, 11) is 3.34. The summed E-state index contributed by atoms with van der Waals surface area (Å²) < 4.78 is 5.44. The first-order valence-corrected chi connectivity index (χ1v) is 5.51. The SMILES string of the molecule is CC(Oc1cccc(Cl)c1Cl)C(=O)N(C)C. The van der Waals surface area contributed by atoms with Gasteiger partial charge in [-0.2, -0.15) is 0 Å². The first-order chi connectivity index (χ1) is 7.43. The molecule has 0 heterocycles. The molecule has 88 valence electrons. The van der Waals surface area contributed by atoms with E-state index in [1.54, 1.807) is 39.2 Å². The highest BCUT2D eigenvalue weighted by Gasteiger charge is 2.18. The Bertz CT molecular complexity index is 394. The van der Waals surface area contributed by atoms with Crippen LogP contribution in [0.2, 0.25) is 10.0 Å². The third kappa shape index (κ3) is 3.03. The van der Waals surface area contributed by atoms with E-state index in [0.717, 1.165) is 0 Å². The van der Waals surface area contributed by atoms with E-state index in [9.17, 15) is 4.79 Å². The van der Waals surface area contributed by atoms with Crippen LogP contribution in [0.25, 0.3) is 0 Å². The topological polar surface area (TPSA) is 29.5 Å². The number of amides is 1. The van der Waals surface area contributed by atoms with Gasteiger partial charge in [-0.3, -0.25) is 4.79 Å². The summed E-state index contributed by atoms with van der Waals surface area (Å²) in [5.74, 6) is 0.285. The number of halogens is 2. The molecule has 0 spiro atoms. The van der Waals surface area contributed by atoms with E-state index in [1.165, 1.54) is 4.90 Å². The molecule has 0 aromatic heterocycles. The van der Waals surface area contributed by atoms with Gasteiger partial charge < -0.3 is 9.64 Å². The second kappa shape index (κ2) is 5.41. The Labute approximate surface area is 105 Å². The van der Waals surface area contributed by atoms with E-state index in [2.05, 4.69) is 0 Å². The lowest BCUT2D eigenvalue weighted by molar-refractivity contribution is -0.135. The quantitative estimate of drug-likeness (QED) is 0.838. The van der Waals surface area contributed by atoms with Gasteiger partial charge in [-0.1, -0.05) is 29.3 Å². The van der Waals surface area contributed by atoms with Crippen LogP contribution in [0.1, 0.15) is 6.92 Å². The maximum absolute atomic E-state index is 11.6. The Kier molecular flexibility index (Phi) is 4.44. The van der Waals surface area contributed by atoms with Crippen molar-refractivity contribution in [2.45, 2.75) is 13.0 Å². The number of rotatable bonds is 3. The Morgan fingerprint density at radius 2 is 2.00 bits per heavy atom. The van der Waals surface area contributed by atoms with Gasteiger partial charge >= 0.3 is 0 Å². The molecule has 1 atom stereocenters. The molecule has 0 aliphatic carbocycles. The van der Waals surface area contributed by atoms with E-state index in [-0.39, 0.29) is 5.91 Å². The van der Waals surface area contributed by atoms with Crippen LogP contribution < -0.4 is 4.74 Å². The predicted molar refractivity (Wildman–Crippen MR) is 65.2 cm³/mol. The van der Waals surface area contributed by atoms with Gasteiger partial charge in [0.1, 0.15) is 10.8 Å². The van der Waals surface area contributed by atoms with Gasteiger partial charge in [-0.05, 0) is 19.1 Å². The third-order valence-electron chi connectivity index (χ3n) is 2.01. The molecule has 0 saturated carbocycles. The van der Waals surface area contributed by atoms with Crippen molar-refractivity contribution in [1.82, 2.24) is 4.90 Å². The van der Waals surface area contributed by atoms with Crippen molar-refractivity contribution in [3.63, 3.8) is 0 Å². The molecule has 3 nitrogen and oxygen atoms in total. The number of carbonyl (C=O) groups is 1. The minimum Gasteiger partial charge on any atom is -0.479 e. The highest BCUT2D eigenvalue weighted by molar-refractivity contribution is 6.42. The largest absolute Gasteiger partial charge is 0.479 e. The van der Waals surface area contributed by atoms with Crippen molar-refractivity contribution in [2.24, 2.45) is 0 Å². The molecule has 0 aliphatic heterocycles. The molecule has 1 aromatic rings. The van der Waals surface area contributed by atoms with Crippen LogP contribution in [0.3, 0.4) is 0 Å². The standard InChI is InChI=1S/C11H13Cl2NO2/c1-7(11(15)14(2)3)16-9-6-4-5-8(12)10(9)13/h4-7H,1-3H3.